The molecule has 5 rings (SSSR count). The predicted octanol–water partition coefficient (Wildman–Crippen LogP) is 1.12. The summed E-state index contributed by atoms with van der Waals surface area (Å²) in [4.78, 5) is 55.7. The van der Waals surface area contributed by atoms with E-state index in [-0.39, 0.29) is 41.7 Å². The van der Waals surface area contributed by atoms with Gasteiger partial charge in [-0.05, 0) is 31.0 Å². The number of aliphatic hydroxyl groups excluding tert-OH is 1. The fourth-order valence-corrected chi connectivity index (χ4v) is 7.34. The van der Waals surface area contributed by atoms with Gasteiger partial charge in [-0.2, -0.15) is 0 Å². The summed E-state index contributed by atoms with van der Waals surface area (Å²) in [6.07, 6.45) is 4.12. The number of aliphatic carboxylic acids is 1. The predicted molar refractivity (Wildman–Crippen MR) is 139 cm³/mol. The quantitative estimate of drug-likeness (QED) is 0.262. The van der Waals surface area contributed by atoms with Crippen molar-refractivity contribution >= 4 is 35.4 Å². The van der Waals surface area contributed by atoms with E-state index < -0.39 is 41.0 Å². The number of likely N-dealkylation sites (tertiary alicyclic amines) is 1. The van der Waals surface area contributed by atoms with E-state index in [2.05, 4.69) is 4.98 Å². The van der Waals surface area contributed by atoms with Gasteiger partial charge in [0.05, 0.1) is 47.0 Å². The molecule has 3 aliphatic rings. The summed E-state index contributed by atoms with van der Waals surface area (Å²) < 4.78 is 7.39. The molecular weight excluding hydrogens is 542 g/mol. The number of nitrogens with zero attached hydrogens (tertiary/aromatic N) is 5. The van der Waals surface area contributed by atoms with Crippen LogP contribution < -0.4 is 5.11 Å². The minimum Gasteiger partial charge on any atom is -0.543 e. The molecule has 6 atom stereocenters. The van der Waals surface area contributed by atoms with E-state index in [1.54, 1.807) is 23.6 Å². The largest absolute Gasteiger partial charge is 0.543 e. The van der Waals surface area contributed by atoms with E-state index in [0.717, 1.165) is 0 Å². The minimum atomic E-state index is -1.44. The lowest BCUT2D eigenvalue weighted by molar-refractivity contribution is -0.384. The van der Waals surface area contributed by atoms with Gasteiger partial charge < -0.3 is 34.1 Å². The van der Waals surface area contributed by atoms with Crippen LogP contribution in [0.1, 0.15) is 25.8 Å². The zero-order valence-corrected chi connectivity index (χ0v) is 22.6. The summed E-state index contributed by atoms with van der Waals surface area (Å²) in [5, 5.41) is 32.9. The molecular formula is C26H28N5O8S-. The molecule has 2 fully saturated rings. The number of aliphatic hydroxyl groups is 1. The summed E-state index contributed by atoms with van der Waals surface area (Å²) in [6.45, 7) is 4.01. The molecule has 1 aromatic heterocycles. The summed E-state index contributed by atoms with van der Waals surface area (Å²) >= 11 is 1.32. The van der Waals surface area contributed by atoms with Crippen molar-refractivity contribution in [3.63, 3.8) is 0 Å². The van der Waals surface area contributed by atoms with Gasteiger partial charge in [0.1, 0.15) is 6.61 Å². The molecule has 0 saturated carbocycles. The molecule has 2 amide bonds. The molecule has 40 heavy (non-hydrogen) atoms. The molecule has 0 unspecified atom stereocenters. The molecule has 0 spiro atoms. The summed E-state index contributed by atoms with van der Waals surface area (Å²) in [7, 11) is 0. The molecule has 2 saturated heterocycles. The Bertz CT molecular complexity index is 1350. The number of non-ortho nitro benzene ring substituents is 1. The number of carbonyl (C=O) groups is 3. The number of hydrogen-bond donors (Lipinski definition) is 1. The van der Waals surface area contributed by atoms with Crippen molar-refractivity contribution in [2.24, 2.45) is 11.8 Å². The lowest BCUT2D eigenvalue weighted by Gasteiger charge is -2.47. The van der Waals surface area contributed by atoms with E-state index >= 15 is 0 Å². The maximum atomic E-state index is 13.2. The molecule has 0 bridgehead atoms. The average molecular weight is 571 g/mol. The SMILES string of the molecule is C[C@@H](O)[C@H]1C(=O)N2C(C(=O)[O-])=C(S[C@H]3C[C@@H](Cn4ccnc4)N(C(=O)OCc4ccc([N+](=O)[O-])cc4)C3)[C@H](C)[C@H]12. The summed E-state index contributed by atoms with van der Waals surface area (Å²) in [5.74, 6) is -2.86. The molecule has 1 N–H and O–H groups in total. The number of β-lactam (4-membered cyclic amide) rings is 1. The maximum absolute atomic E-state index is 13.2. The molecule has 4 heterocycles. The number of rotatable bonds is 9. The Morgan fingerprint density at radius 2 is 2.02 bits per heavy atom. The Labute approximate surface area is 233 Å². The van der Waals surface area contributed by atoms with Crippen LogP contribution >= 0.6 is 11.8 Å². The molecule has 0 aliphatic carbocycles. The van der Waals surface area contributed by atoms with Crippen LogP contribution in [0.4, 0.5) is 10.5 Å². The first kappa shape index (κ1) is 27.6. The molecule has 0 radical (unpaired) electrons. The Morgan fingerprint density at radius 1 is 1.30 bits per heavy atom. The van der Waals surface area contributed by atoms with Crippen LogP contribution in [-0.4, -0.2) is 77.3 Å². The Balaban J connectivity index is 1.31. The second-order valence-corrected chi connectivity index (χ2v) is 11.6. The van der Waals surface area contributed by atoms with Gasteiger partial charge in [-0.15, -0.1) is 11.8 Å². The second-order valence-electron chi connectivity index (χ2n) is 10.3. The van der Waals surface area contributed by atoms with Crippen molar-refractivity contribution in [3.8, 4) is 0 Å². The number of nitro groups is 1. The highest BCUT2D eigenvalue weighted by molar-refractivity contribution is 8.03. The smallest absolute Gasteiger partial charge is 0.410 e. The molecule has 3 aliphatic heterocycles. The van der Waals surface area contributed by atoms with Gasteiger partial charge in [0.25, 0.3) is 5.69 Å². The number of aromatic nitrogens is 2. The molecule has 13 nitrogen and oxygen atoms in total. The first-order chi connectivity index (χ1) is 19.1. The third-order valence-electron chi connectivity index (χ3n) is 7.70. The van der Waals surface area contributed by atoms with Crippen LogP contribution in [0.5, 0.6) is 0 Å². The first-order valence-corrected chi connectivity index (χ1v) is 13.7. The van der Waals surface area contributed by atoms with Crippen molar-refractivity contribution in [1.29, 1.82) is 0 Å². The van der Waals surface area contributed by atoms with Crippen LogP contribution in [-0.2, 0) is 27.5 Å². The summed E-state index contributed by atoms with van der Waals surface area (Å²) in [5.41, 5.74) is 0.378. The van der Waals surface area contributed by atoms with E-state index in [4.69, 9.17) is 4.74 Å². The number of amides is 2. The van der Waals surface area contributed by atoms with E-state index in [9.17, 15) is 34.7 Å². The average Bonchev–Trinajstić information content (AvgIpc) is 3.61. The Morgan fingerprint density at radius 3 is 2.62 bits per heavy atom. The lowest BCUT2D eigenvalue weighted by atomic mass is 9.79. The Kier molecular flexibility index (Phi) is 7.55. The molecule has 212 valence electrons. The van der Waals surface area contributed by atoms with Crippen LogP contribution in [0.2, 0.25) is 0 Å². The van der Waals surface area contributed by atoms with Gasteiger partial charge in [-0.3, -0.25) is 14.9 Å². The number of benzene rings is 1. The highest BCUT2D eigenvalue weighted by atomic mass is 32.2. The number of carboxylic acids is 1. The van der Waals surface area contributed by atoms with Crippen LogP contribution in [0.15, 0.2) is 53.6 Å². The Hall–Kier alpha value is -3.91. The van der Waals surface area contributed by atoms with Crippen molar-refractivity contribution < 1.29 is 34.3 Å². The number of ether oxygens (including phenoxy) is 1. The van der Waals surface area contributed by atoms with E-state index in [1.165, 1.54) is 47.9 Å². The normalized spacial score (nSPS) is 26.5. The van der Waals surface area contributed by atoms with Crippen molar-refractivity contribution in [2.45, 2.75) is 56.9 Å². The second kappa shape index (κ2) is 10.9. The molecule has 14 heteroatoms. The van der Waals surface area contributed by atoms with Gasteiger partial charge in [0.15, 0.2) is 0 Å². The third kappa shape index (κ3) is 5.04. The number of carbonyl (C=O) groups excluding carboxylic acids is 3. The van der Waals surface area contributed by atoms with Gasteiger partial charge in [-0.25, -0.2) is 9.78 Å². The van der Waals surface area contributed by atoms with Gasteiger partial charge >= 0.3 is 6.09 Å². The number of nitro benzene ring substituents is 1. The maximum Gasteiger partial charge on any atom is 0.410 e. The number of imidazole rings is 1. The van der Waals surface area contributed by atoms with Gasteiger partial charge in [-0.1, -0.05) is 6.92 Å². The number of fused-ring (bicyclic) bond motifs is 1. The fourth-order valence-electron chi connectivity index (χ4n) is 5.78. The third-order valence-corrected chi connectivity index (χ3v) is 9.19. The lowest BCUT2D eigenvalue weighted by Crippen LogP contribution is -2.64. The van der Waals surface area contributed by atoms with Crippen LogP contribution in [0.3, 0.4) is 0 Å². The zero-order valence-electron chi connectivity index (χ0n) is 21.8. The standard InChI is InChI=1S/C26H29N5O8S/c1-14-21-20(15(2)32)24(33)30(21)22(25(34)35)23(14)40-19-9-18(10-28-8-7-27-13-28)29(11-19)26(36)39-12-16-3-5-17(6-4-16)31(37)38/h3-8,13-15,18-21,32H,9-12H2,1-2H3,(H,34,35)/p-1/t14-,15-,18+,19+,20-,21-/m1/s1. The fraction of sp³-hybridized carbons (Fsp3) is 0.462. The zero-order chi connectivity index (χ0) is 28.7. The van der Waals surface area contributed by atoms with Crippen LogP contribution in [0.25, 0.3) is 0 Å². The summed E-state index contributed by atoms with van der Waals surface area (Å²) in [6, 6.07) is 5.01. The number of thioether (sulfide) groups is 1. The number of carboxylic acid groups (broad SMARTS) is 1. The monoisotopic (exact) mass is 570 g/mol. The van der Waals surface area contributed by atoms with Crippen LogP contribution in [0, 0.1) is 22.0 Å². The van der Waals surface area contributed by atoms with Gasteiger partial charge in [0, 0.05) is 53.7 Å². The topological polar surface area (TPSA) is 171 Å². The highest BCUT2D eigenvalue weighted by Gasteiger charge is 2.59. The van der Waals surface area contributed by atoms with E-state index in [1.807, 2.05) is 11.5 Å². The van der Waals surface area contributed by atoms with Crippen molar-refractivity contribution in [1.82, 2.24) is 19.4 Å². The minimum absolute atomic E-state index is 0.0625. The molecule has 2 aromatic rings. The molecule has 1 aromatic carbocycles. The van der Waals surface area contributed by atoms with Gasteiger partial charge in [0.2, 0.25) is 5.91 Å². The highest BCUT2D eigenvalue weighted by Crippen LogP contribution is 2.52. The van der Waals surface area contributed by atoms with Crippen molar-refractivity contribution in [2.75, 3.05) is 6.54 Å². The van der Waals surface area contributed by atoms with E-state index in [0.29, 0.717) is 23.4 Å². The van der Waals surface area contributed by atoms with Crippen molar-refractivity contribution in [3.05, 3.63) is 69.3 Å². The number of hydrogen-bond acceptors (Lipinski definition) is 10. The first-order valence-electron chi connectivity index (χ1n) is 12.8.